The summed E-state index contributed by atoms with van der Waals surface area (Å²) in [6.07, 6.45) is 2.11. The van der Waals surface area contributed by atoms with Crippen molar-refractivity contribution in [2.75, 3.05) is 19.7 Å². The molecule has 102 valence electrons. The average molecular weight is 373 g/mol. The van der Waals surface area contributed by atoms with Crippen LogP contribution in [0.2, 0.25) is 0 Å². The fraction of sp³-hybridized carbons (Fsp3) is 0.429. The highest BCUT2D eigenvalue weighted by atomic mass is 127. The summed E-state index contributed by atoms with van der Waals surface area (Å²) in [6, 6.07) is 5.20. The molecule has 1 aromatic carbocycles. The van der Waals surface area contributed by atoms with Gasteiger partial charge in [-0.2, -0.15) is 0 Å². The number of hydrogen-bond donors (Lipinski definition) is 0. The van der Waals surface area contributed by atoms with Crippen molar-refractivity contribution in [1.29, 1.82) is 0 Å². The molecule has 1 aliphatic rings. The number of nitrogens with zero attached hydrogens (tertiary/aromatic N) is 1. The Hall–Kier alpha value is -1.11. The average Bonchev–Trinajstić information content (AvgIpc) is 2.92. The van der Waals surface area contributed by atoms with E-state index in [1.807, 2.05) is 27.5 Å². The van der Waals surface area contributed by atoms with Crippen LogP contribution in [-0.2, 0) is 4.74 Å². The van der Waals surface area contributed by atoms with Crippen molar-refractivity contribution < 1.29 is 14.3 Å². The molecule has 0 radical (unpaired) electrons. The number of amides is 1. The smallest absolute Gasteiger partial charge is 0.339 e. The molecule has 4 nitrogen and oxygen atoms in total. The second-order valence-corrected chi connectivity index (χ2v) is 5.47. The maximum atomic E-state index is 12.4. The molecule has 1 heterocycles. The number of rotatable bonds is 3. The van der Waals surface area contributed by atoms with Crippen LogP contribution < -0.4 is 0 Å². The van der Waals surface area contributed by atoms with Crippen LogP contribution >= 0.6 is 22.6 Å². The Morgan fingerprint density at radius 3 is 2.53 bits per heavy atom. The van der Waals surface area contributed by atoms with E-state index in [9.17, 15) is 9.59 Å². The molecule has 2 rings (SSSR count). The van der Waals surface area contributed by atoms with E-state index in [1.165, 1.54) is 0 Å². The van der Waals surface area contributed by atoms with Crippen LogP contribution in [0.15, 0.2) is 18.2 Å². The Bertz CT molecular complexity index is 495. The van der Waals surface area contributed by atoms with Gasteiger partial charge in [-0.15, -0.1) is 0 Å². The zero-order valence-corrected chi connectivity index (χ0v) is 13.0. The minimum Gasteiger partial charge on any atom is -0.462 e. The van der Waals surface area contributed by atoms with Crippen molar-refractivity contribution in [3.8, 4) is 0 Å². The number of likely N-dealkylation sites (tertiary alicyclic amines) is 1. The predicted molar refractivity (Wildman–Crippen MR) is 80.3 cm³/mol. The van der Waals surface area contributed by atoms with Gasteiger partial charge < -0.3 is 9.64 Å². The topological polar surface area (TPSA) is 46.6 Å². The van der Waals surface area contributed by atoms with E-state index in [2.05, 4.69) is 0 Å². The van der Waals surface area contributed by atoms with Crippen molar-refractivity contribution in [2.45, 2.75) is 19.8 Å². The molecule has 19 heavy (non-hydrogen) atoms. The number of hydrogen-bond acceptors (Lipinski definition) is 3. The van der Waals surface area contributed by atoms with Gasteiger partial charge in [0, 0.05) is 16.7 Å². The molecule has 0 unspecified atom stereocenters. The maximum Gasteiger partial charge on any atom is 0.339 e. The highest BCUT2D eigenvalue weighted by Gasteiger charge is 2.23. The Balaban J connectivity index is 2.28. The molecule has 0 spiro atoms. The molecule has 1 saturated heterocycles. The SMILES string of the molecule is CCOC(=O)c1cccc(C(=O)N2CCCC2)c1I. The molecular weight excluding hydrogens is 357 g/mol. The van der Waals surface area contributed by atoms with Crippen molar-refractivity contribution in [2.24, 2.45) is 0 Å². The molecule has 0 bridgehead atoms. The van der Waals surface area contributed by atoms with Gasteiger partial charge in [0.15, 0.2) is 0 Å². The molecule has 0 atom stereocenters. The van der Waals surface area contributed by atoms with Crippen molar-refractivity contribution in [1.82, 2.24) is 4.90 Å². The molecule has 1 amide bonds. The highest BCUT2D eigenvalue weighted by Crippen LogP contribution is 2.22. The standard InChI is InChI=1S/C14H16INO3/c1-2-19-14(18)11-7-5-6-10(12(11)15)13(17)16-8-3-4-9-16/h5-7H,2-4,8-9H2,1H3. The van der Waals surface area contributed by atoms with Gasteiger partial charge in [-0.3, -0.25) is 4.79 Å². The van der Waals surface area contributed by atoms with E-state index in [-0.39, 0.29) is 11.9 Å². The van der Waals surface area contributed by atoms with Gasteiger partial charge in [-0.1, -0.05) is 6.07 Å². The fourth-order valence-electron chi connectivity index (χ4n) is 2.15. The van der Waals surface area contributed by atoms with Gasteiger partial charge in [0.25, 0.3) is 5.91 Å². The summed E-state index contributed by atoms with van der Waals surface area (Å²) in [7, 11) is 0. The number of benzene rings is 1. The number of carbonyl (C=O) groups excluding carboxylic acids is 2. The first-order chi connectivity index (χ1) is 9.15. The van der Waals surface area contributed by atoms with Crippen LogP contribution in [0.25, 0.3) is 0 Å². The third-order valence-electron chi connectivity index (χ3n) is 3.12. The predicted octanol–water partition coefficient (Wildman–Crippen LogP) is 2.70. The molecule has 5 heteroatoms. The zero-order chi connectivity index (χ0) is 13.8. The number of ether oxygens (including phenoxy) is 1. The summed E-state index contributed by atoms with van der Waals surface area (Å²) in [6.45, 7) is 3.71. The Morgan fingerprint density at radius 2 is 1.89 bits per heavy atom. The summed E-state index contributed by atoms with van der Waals surface area (Å²) in [5.41, 5.74) is 1.06. The van der Waals surface area contributed by atoms with Crippen LogP contribution in [0.5, 0.6) is 0 Å². The molecule has 0 saturated carbocycles. The first-order valence-electron chi connectivity index (χ1n) is 6.40. The molecule has 1 fully saturated rings. The second kappa shape index (κ2) is 6.36. The molecule has 0 N–H and O–H groups in total. The monoisotopic (exact) mass is 373 g/mol. The van der Waals surface area contributed by atoms with Crippen LogP contribution in [0.1, 0.15) is 40.5 Å². The maximum absolute atomic E-state index is 12.4. The van der Waals surface area contributed by atoms with Crippen LogP contribution in [-0.4, -0.2) is 36.5 Å². The Labute approximate surface area is 126 Å². The summed E-state index contributed by atoms with van der Waals surface area (Å²) < 4.78 is 5.68. The minimum atomic E-state index is -0.372. The van der Waals surface area contributed by atoms with Gasteiger partial charge in [0.05, 0.1) is 17.7 Å². The summed E-state index contributed by atoms with van der Waals surface area (Å²) in [4.78, 5) is 26.0. The second-order valence-electron chi connectivity index (χ2n) is 4.39. The van der Waals surface area contributed by atoms with E-state index in [0.717, 1.165) is 25.9 Å². The molecular formula is C14H16INO3. The van der Waals surface area contributed by atoms with Crippen LogP contribution in [0.3, 0.4) is 0 Å². The minimum absolute atomic E-state index is 0.00745. The van der Waals surface area contributed by atoms with Gasteiger partial charge in [0.1, 0.15) is 0 Å². The normalized spacial score (nSPS) is 14.5. The number of carbonyl (C=O) groups is 2. The zero-order valence-electron chi connectivity index (χ0n) is 10.8. The van der Waals surface area contributed by atoms with Gasteiger partial charge in [0.2, 0.25) is 0 Å². The van der Waals surface area contributed by atoms with E-state index in [0.29, 0.717) is 21.3 Å². The van der Waals surface area contributed by atoms with Gasteiger partial charge in [-0.05, 0) is 54.5 Å². The van der Waals surface area contributed by atoms with Crippen LogP contribution in [0, 0.1) is 3.57 Å². The van der Waals surface area contributed by atoms with E-state index >= 15 is 0 Å². The first kappa shape index (κ1) is 14.3. The lowest BCUT2D eigenvalue weighted by Gasteiger charge is -2.17. The summed E-state index contributed by atoms with van der Waals surface area (Å²) in [5, 5.41) is 0. The van der Waals surface area contributed by atoms with Crippen molar-refractivity contribution >= 4 is 34.5 Å². The number of esters is 1. The first-order valence-corrected chi connectivity index (χ1v) is 7.48. The van der Waals surface area contributed by atoms with Crippen molar-refractivity contribution in [3.05, 3.63) is 32.9 Å². The fourth-order valence-corrected chi connectivity index (χ4v) is 2.96. The molecule has 1 aromatic rings. The summed E-state index contributed by atoms with van der Waals surface area (Å²) in [5.74, 6) is -0.365. The Morgan fingerprint density at radius 1 is 1.26 bits per heavy atom. The van der Waals surface area contributed by atoms with Gasteiger partial charge >= 0.3 is 5.97 Å². The van der Waals surface area contributed by atoms with Crippen molar-refractivity contribution in [3.63, 3.8) is 0 Å². The summed E-state index contributed by atoms with van der Waals surface area (Å²) >= 11 is 2.05. The molecule has 0 aliphatic carbocycles. The quantitative estimate of drug-likeness (QED) is 0.605. The Kier molecular flexibility index (Phi) is 4.79. The van der Waals surface area contributed by atoms with Crippen LogP contribution in [0.4, 0.5) is 0 Å². The highest BCUT2D eigenvalue weighted by molar-refractivity contribution is 14.1. The lowest BCUT2D eigenvalue weighted by atomic mass is 10.1. The number of halogens is 1. The van der Waals surface area contributed by atoms with E-state index in [4.69, 9.17) is 4.74 Å². The third-order valence-corrected chi connectivity index (χ3v) is 4.28. The van der Waals surface area contributed by atoms with Gasteiger partial charge in [-0.25, -0.2) is 4.79 Å². The third kappa shape index (κ3) is 3.08. The van der Waals surface area contributed by atoms with E-state index < -0.39 is 0 Å². The lowest BCUT2D eigenvalue weighted by Crippen LogP contribution is -2.28. The van der Waals surface area contributed by atoms with E-state index in [1.54, 1.807) is 25.1 Å². The molecule has 0 aromatic heterocycles. The lowest BCUT2D eigenvalue weighted by molar-refractivity contribution is 0.0525. The molecule has 1 aliphatic heterocycles. The largest absolute Gasteiger partial charge is 0.462 e.